The van der Waals surface area contributed by atoms with Gasteiger partial charge in [-0.25, -0.2) is 4.79 Å². The molecule has 1 amide bonds. The monoisotopic (exact) mass is 213 g/mol. The average molecular weight is 213 g/mol. The van der Waals surface area contributed by atoms with Crippen LogP contribution in [0.2, 0.25) is 0 Å². The zero-order valence-corrected chi connectivity index (χ0v) is 8.73. The van der Waals surface area contributed by atoms with Crippen LogP contribution in [0.25, 0.3) is 0 Å². The van der Waals surface area contributed by atoms with Gasteiger partial charge in [0.25, 0.3) is 0 Å². The zero-order valence-electron chi connectivity index (χ0n) is 8.73. The van der Waals surface area contributed by atoms with E-state index in [0.717, 1.165) is 12.8 Å². The topological polar surface area (TPSA) is 66.8 Å². The molecule has 2 fully saturated rings. The molecule has 0 aromatic heterocycles. The van der Waals surface area contributed by atoms with Gasteiger partial charge in [0, 0.05) is 26.0 Å². The molecule has 0 bridgehead atoms. The van der Waals surface area contributed by atoms with Gasteiger partial charge in [0.15, 0.2) is 5.60 Å². The van der Waals surface area contributed by atoms with E-state index in [1.807, 2.05) is 0 Å². The number of fused-ring (bicyclic) bond motifs is 1. The van der Waals surface area contributed by atoms with Crippen LogP contribution in [0, 0.1) is 5.92 Å². The van der Waals surface area contributed by atoms with Gasteiger partial charge in [-0.2, -0.15) is 0 Å². The van der Waals surface area contributed by atoms with Gasteiger partial charge in [-0.15, -0.1) is 0 Å². The number of carbonyl (C=O) groups is 2. The van der Waals surface area contributed by atoms with Crippen LogP contribution in [0.5, 0.6) is 0 Å². The molecule has 15 heavy (non-hydrogen) atoms. The molecule has 2 rings (SSSR count). The highest BCUT2D eigenvalue weighted by molar-refractivity contribution is 5.82. The SMILES string of the molecule is CC(=O)N1C[C@@H]2CCCO[C@]2(C(=O)O)C1. The van der Waals surface area contributed by atoms with Crippen molar-refractivity contribution in [3.05, 3.63) is 0 Å². The lowest BCUT2D eigenvalue weighted by Crippen LogP contribution is -2.51. The third kappa shape index (κ3) is 1.51. The molecule has 1 N–H and O–H groups in total. The third-order valence-corrected chi connectivity index (χ3v) is 3.39. The number of ether oxygens (including phenoxy) is 1. The van der Waals surface area contributed by atoms with Crippen molar-refractivity contribution in [3.8, 4) is 0 Å². The van der Waals surface area contributed by atoms with Crippen LogP contribution in [0.15, 0.2) is 0 Å². The first kappa shape index (κ1) is 10.4. The summed E-state index contributed by atoms with van der Waals surface area (Å²) < 4.78 is 5.44. The molecule has 0 aliphatic carbocycles. The highest BCUT2D eigenvalue weighted by Crippen LogP contribution is 2.38. The number of aliphatic carboxylic acids is 1. The molecule has 0 radical (unpaired) electrons. The molecule has 0 unspecified atom stereocenters. The first-order valence-electron chi connectivity index (χ1n) is 5.19. The number of nitrogens with zero attached hydrogens (tertiary/aromatic N) is 1. The maximum atomic E-state index is 11.3. The molecule has 0 aromatic carbocycles. The van der Waals surface area contributed by atoms with Crippen LogP contribution in [-0.2, 0) is 14.3 Å². The van der Waals surface area contributed by atoms with E-state index in [-0.39, 0.29) is 18.4 Å². The molecule has 5 nitrogen and oxygen atoms in total. The van der Waals surface area contributed by atoms with Crippen molar-refractivity contribution >= 4 is 11.9 Å². The smallest absolute Gasteiger partial charge is 0.338 e. The van der Waals surface area contributed by atoms with E-state index in [1.54, 1.807) is 4.90 Å². The molecule has 2 aliphatic rings. The third-order valence-electron chi connectivity index (χ3n) is 3.39. The Morgan fingerprint density at radius 2 is 2.27 bits per heavy atom. The van der Waals surface area contributed by atoms with Crippen LogP contribution in [0.1, 0.15) is 19.8 Å². The van der Waals surface area contributed by atoms with E-state index in [0.29, 0.717) is 13.2 Å². The van der Waals surface area contributed by atoms with Crippen LogP contribution in [-0.4, -0.2) is 47.2 Å². The van der Waals surface area contributed by atoms with Gasteiger partial charge in [0.2, 0.25) is 5.91 Å². The first-order valence-corrected chi connectivity index (χ1v) is 5.19. The summed E-state index contributed by atoms with van der Waals surface area (Å²) in [5.74, 6) is -1.06. The number of carboxylic acids is 1. The Balaban J connectivity index is 2.24. The summed E-state index contributed by atoms with van der Waals surface area (Å²) in [5.41, 5.74) is -1.14. The van der Waals surface area contributed by atoms with Gasteiger partial charge in [-0.1, -0.05) is 0 Å². The molecule has 5 heteroatoms. The minimum Gasteiger partial charge on any atom is -0.479 e. The quantitative estimate of drug-likeness (QED) is 0.670. The highest BCUT2D eigenvalue weighted by Gasteiger charge is 2.55. The summed E-state index contributed by atoms with van der Waals surface area (Å²) in [4.78, 5) is 24.1. The number of hydrogen-bond acceptors (Lipinski definition) is 3. The second-order valence-corrected chi connectivity index (χ2v) is 4.28. The molecule has 2 saturated heterocycles. The normalized spacial score (nSPS) is 35.0. The van der Waals surface area contributed by atoms with Crippen molar-refractivity contribution in [3.63, 3.8) is 0 Å². The van der Waals surface area contributed by atoms with Crippen molar-refractivity contribution in [1.29, 1.82) is 0 Å². The Kier molecular flexibility index (Phi) is 2.42. The minimum absolute atomic E-state index is 0.0485. The second kappa shape index (κ2) is 3.48. The van der Waals surface area contributed by atoms with Gasteiger partial charge in [-0.3, -0.25) is 4.79 Å². The summed E-state index contributed by atoms with van der Waals surface area (Å²) >= 11 is 0. The maximum absolute atomic E-state index is 11.3. The summed E-state index contributed by atoms with van der Waals surface area (Å²) in [6.07, 6.45) is 1.71. The van der Waals surface area contributed by atoms with Crippen LogP contribution in [0.4, 0.5) is 0 Å². The van der Waals surface area contributed by atoms with Crippen molar-refractivity contribution in [2.45, 2.75) is 25.4 Å². The Morgan fingerprint density at radius 1 is 1.53 bits per heavy atom. The van der Waals surface area contributed by atoms with Crippen LogP contribution < -0.4 is 0 Å². The summed E-state index contributed by atoms with van der Waals surface area (Å²) in [6.45, 7) is 2.66. The lowest BCUT2D eigenvalue weighted by molar-refractivity contribution is -0.176. The number of rotatable bonds is 1. The number of amides is 1. The molecule has 2 heterocycles. The lowest BCUT2D eigenvalue weighted by Gasteiger charge is -2.34. The fourth-order valence-electron chi connectivity index (χ4n) is 2.51. The number of likely N-dealkylation sites (tertiary alicyclic amines) is 1. The fourth-order valence-corrected chi connectivity index (χ4v) is 2.51. The average Bonchev–Trinajstić information content (AvgIpc) is 2.58. The molecule has 0 saturated carbocycles. The molecule has 0 aromatic rings. The predicted molar refractivity (Wildman–Crippen MR) is 51.3 cm³/mol. The molecular formula is C10H15NO4. The van der Waals surface area contributed by atoms with Crippen molar-refractivity contribution < 1.29 is 19.4 Å². The van der Waals surface area contributed by atoms with E-state index in [9.17, 15) is 14.7 Å². The second-order valence-electron chi connectivity index (χ2n) is 4.28. The van der Waals surface area contributed by atoms with E-state index < -0.39 is 11.6 Å². The van der Waals surface area contributed by atoms with Crippen molar-refractivity contribution in [2.24, 2.45) is 5.92 Å². The summed E-state index contributed by atoms with van der Waals surface area (Å²) in [7, 11) is 0. The minimum atomic E-state index is -1.14. The van der Waals surface area contributed by atoms with Crippen molar-refractivity contribution in [2.75, 3.05) is 19.7 Å². The summed E-state index contributed by atoms with van der Waals surface area (Å²) in [6, 6.07) is 0. The Labute approximate surface area is 88.0 Å². The largest absolute Gasteiger partial charge is 0.479 e. The Hall–Kier alpha value is -1.10. The molecule has 0 spiro atoms. The maximum Gasteiger partial charge on any atom is 0.338 e. The zero-order chi connectivity index (χ0) is 11.1. The lowest BCUT2D eigenvalue weighted by atomic mass is 9.85. The van der Waals surface area contributed by atoms with E-state index >= 15 is 0 Å². The molecule has 2 aliphatic heterocycles. The van der Waals surface area contributed by atoms with Crippen LogP contribution >= 0.6 is 0 Å². The van der Waals surface area contributed by atoms with E-state index in [2.05, 4.69) is 0 Å². The van der Waals surface area contributed by atoms with E-state index in [1.165, 1.54) is 6.92 Å². The Morgan fingerprint density at radius 3 is 2.80 bits per heavy atom. The highest BCUT2D eigenvalue weighted by atomic mass is 16.5. The van der Waals surface area contributed by atoms with Crippen molar-refractivity contribution in [1.82, 2.24) is 4.90 Å². The van der Waals surface area contributed by atoms with E-state index in [4.69, 9.17) is 4.74 Å². The molecular weight excluding hydrogens is 198 g/mol. The van der Waals surface area contributed by atoms with Crippen LogP contribution in [0.3, 0.4) is 0 Å². The van der Waals surface area contributed by atoms with Gasteiger partial charge < -0.3 is 14.7 Å². The predicted octanol–water partition coefficient (Wildman–Crippen LogP) is 0.0985. The van der Waals surface area contributed by atoms with Gasteiger partial charge in [-0.05, 0) is 12.8 Å². The van der Waals surface area contributed by atoms with Gasteiger partial charge in [0.1, 0.15) is 0 Å². The first-order chi connectivity index (χ1) is 7.06. The number of hydrogen-bond donors (Lipinski definition) is 1. The van der Waals surface area contributed by atoms with Gasteiger partial charge >= 0.3 is 5.97 Å². The fraction of sp³-hybridized carbons (Fsp3) is 0.800. The number of carbonyl (C=O) groups excluding carboxylic acids is 1. The molecule has 84 valence electrons. The standard InChI is InChI=1S/C10H15NO4/c1-7(12)11-5-8-3-2-4-15-10(8,6-11)9(13)14/h8H,2-6H2,1H3,(H,13,14)/t8-,10+/m0/s1. The number of carboxylic acid groups (broad SMARTS) is 1. The summed E-state index contributed by atoms with van der Waals surface area (Å²) in [5, 5.41) is 9.24. The molecule has 2 atom stereocenters. The Bertz CT molecular complexity index is 304. The van der Waals surface area contributed by atoms with Gasteiger partial charge in [0.05, 0.1) is 6.54 Å².